The fourth-order valence-electron chi connectivity index (χ4n) is 2.59. The number of fused-ring (bicyclic) bond motifs is 1. The van der Waals surface area contributed by atoms with Gasteiger partial charge in [-0.25, -0.2) is 4.98 Å². The van der Waals surface area contributed by atoms with E-state index in [1.807, 2.05) is 19.9 Å². The molecule has 0 fully saturated rings. The molecular formula is C19H18N2O4S. The van der Waals surface area contributed by atoms with E-state index < -0.39 is 0 Å². The Bertz CT molecular complexity index is 1040. The van der Waals surface area contributed by atoms with Gasteiger partial charge in [-0.1, -0.05) is 23.9 Å². The van der Waals surface area contributed by atoms with Crippen LogP contribution in [-0.2, 0) is 0 Å². The summed E-state index contributed by atoms with van der Waals surface area (Å²) in [6.07, 6.45) is 0. The standard InChI is InChI=1S/C19H18N2O4S/c1-11(2)21-18(25)13-5-3-4-6-14(13)20-19(21)26-10-17(24)12-7-8-15(22)16(23)9-12/h3-9,11,22-23H,10H2,1-2H3. The number of phenols is 2. The summed E-state index contributed by atoms with van der Waals surface area (Å²) in [6, 6.07) is 11.0. The van der Waals surface area contributed by atoms with Gasteiger partial charge in [0.2, 0.25) is 0 Å². The Hall–Kier alpha value is -2.80. The van der Waals surface area contributed by atoms with Crippen LogP contribution < -0.4 is 5.56 Å². The number of rotatable bonds is 5. The van der Waals surface area contributed by atoms with Crippen molar-refractivity contribution >= 4 is 28.4 Å². The number of nitrogens with zero attached hydrogens (tertiary/aromatic N) is 2. The average molecular weight is 370 g/mol. The van der Waals surface area contributed by atoms with Gasteiger partial charge in [-0.15, -0.1) is 0 Å². The maximum atomic E-state index is 12.8. The molecule has 0 amide bonds. The van der Waals surface area contributed by atoms with Gasteiger partial charge in [0.05, 0.1) is 16.7 Å². The van der Waals surface area contributed by atoms with Crippen molar-refractivity contribution in [3.63, 3.8) is 0 Å². The largest absolute Gasteiger partial charge is 0.504 e. The molecule has 0 spiro atoms. The fourth-order valence-corrected chi connectivity index (χ4v) is 3.62. The molecular weight excluding hydrogens is 352 g/mol. The van der Waals surface area contributed by atoms with Crippen LogP contribution in [0.1, 0.15) is 30.2 Å². The van der Waals surface area contributed by atoms with E-state index in [0.29, 0.717) is 16.1 Å². The summed E-state index contributed by atoms with van der Waals surface area (Å²) < 4.78 is 1.58. The summed E-state index contributed by atoms with van der Waals surface area (Å²) in [7, 11) is 0. The number of carbonyl (C=O) groups excluding carboxylic acids is 1. The highest BCUT2D eigenvalue weighted by Gasteiger charge is 2.16. The normalized spacial score (nSPS) is 11.2. The second-order valence-electron chi connectivity index (χ2n) is 6.10. The lowest BCUT2D eigenvalue weighted by Crippen LogP contribution is -2.25. The molecule has 1 aromatic heterocycles. The molecule has 0 bridgehead atoms. The topological polar surface area (TPSA) is 92.4 Å². The molecule has 2 aromatic carbocycles. The first kappa shape index (κ1) is 18.0. The maximum absolute atomic E-state index is 12.8. The monoisotopic (exact) mass is 370 g/mol. The fraction of sp³-hybridized carbons (Fsp3) is 0.211. The van der Waals surface area contributed by atoms with Crippen molar-refractivity contribution in [1.82, 2.24) is 9.55 Å². The Balaban J connectivity index is 1.93. The molecule has 0 saturated carbocycles. The van der Waals surface area contributed by atoms with Crippen LogP contribution in [0.5, 0.6) is 11.5 Å². The molecule has 0 aliphatic rings. The van der Waals surface area contributed by atoms with E-state index in [9.17, 15) is 19.8 Å². The minimum Gasteiger partial charge on any atom is -0.504 e. The number of hydrogen-bond acceptors (Lipinski definition) is 6. The first-order valence-electron chi connectivity index (χ1n) is 8.07. The van der Waals surface area contributed by atoms with Crippen LogP contribution in [0.4, 0.5) is 0 Å². The van der Waals surface area contributed by atoms with Gasteiger partial charge >= 0.3 is 0 Å². The molecule has 1 heterocycles. The lowest BCUT2D eigenvalue weighted by Gasteiger charge is -2.15. The van der Waals surface area contributed by atoms with Gasteiger partial charge in [0.1, 0.15) is 0 Å². The first-order chi connectivity index (χ1) is 12.4. The van der Waals surface area contributed by atoms with Crippen LogP contribution in [-0.4, -0.2) is 31.3 Å². The molecule has 3 rings (SSSR count). The van der Waals surface area contributed by atoms with Crippen LogP contribution in [0.15, 0.2) is 52.4 Å². The van der Waals surface area contributed by atoms with Crippen molar-refractivity contribution in [2.45, 2.75) is 25.0 Å². The Labute approximate surface area is 154 Å². The third-order valence-corrected chi connectivity index (χ3v) is 4.87. The average Bonchev–Trinajstić information content (AvgIpc) is 2.61. The molecule has 3 aromatic rings. The van der Waals surface area contributed by atoms with Crippen LogP contribution >= 0.6 is 11.8 Å². The maximum Gasteiger partial charge on any atom is 0.262 e. The van der Waals surface area contributed by atoms with Crippen LogP contribution in [0, 0.1) is 0 Å². The number of para-hydroxylation sites is 1. The number of aromatic nitrogens is 2. The number of aromatic hydroxyl groups is 2. The van der Waals surface area contributed by atoms with Gasteiger partial charge in [-0.2, -0.15) is 0 Å². The smallest absolute Gasteiger partial charge is 0.262 e. The van der Waals surface area contributed by atoms with E-state index in [1.165, 1.54) is 30.0 Å². The van der Waals surface area contributed by atoms with Crippen molar-refractivity contribution in [1.29, 1.82) is 0 Å². The van der Waals surface area contributed by atoms with Crippen LogP contribution in [0.2, 0.25) is 0 Å². The molecule has 0 atom stereocenters. The number of benzene rings is 2. The van der Waals surface area contributed by atoms with Gasteiger partial charge < -0.3 is 10.2 Å². The minimum absolute atomic E-state index is 0.0573. The zero-order valence-electron chi connectivity index (χ0n) is 14.3. The van der Waals surface area contributed by atoms with Crippen molar-refractivity contribution in [2.75, 3.05) is 5.75 Å². The molecule has 6 nitrogen and oxygen atoms in total. The summed E-state index contributed by atoms with van der Waals surface area (Å²) in [6.45, 7) is 3.78. The molecule has 2 N–H and O–H groups in total. The summed E-state index contributed by atoms with van der Waals surface area (Å²) >= 11 is 1.18. The van der Waals surface area contributed by atoms with Crippen molar-refractivity contribution in [2.24, 2.45) is 0 Å². The van der Waals surface area contributed by atoms with E-state index in [2.05, 4.69) is 4.98 Å². The van der Waals surface area contributed by atoms with E-state index in [-0.39, 0.29) is 40.2 Å². The molecule has 134 valence electrons. The third-order valence-electron chi connectivity index (χ3n) is 3.92. The highest BCUT2D eigenvalue weighted by Crippen LogP contribution is 2.27. The SMILES string of the molecule is CC(C)n1c(SCC(=O)c2ccc(O)c(O)c2)nc2ccccc2c1=O. The second kappa shape index (κ2) is 7.21. The Morgan fingerprint density at radius 3 is 2.58 bits per heavy atom. The summed E-state index contributed by atoms with van der Waals surface area (Å²) in [4.78, 5) is 29.7. The second-order valence-corrected chi connectivity index (χ2v) is 7.04. The van der Waals surface area contributed by atoms with Gasteiger partial charge in [-0.05, 0) is 44.2 Å². The minimum atomic E-state index is -0.344. The third kappa shape index (κ3) is 3.43. The van der Waals surface area contributed by atoms with Crippen molar-refractivity contribution in [3.8, 4) is 11.5 Å². The van der Waals surface area contributed by atoms with E-state index in [4.69, 9.17) is 0 Å². The van der Waals surface area contributed by atoms with Gasteiger partial charge in [0, 0.05) is 11.6 Å². The number of phenolic OH excluding ortho intramolecular Hbond substituents is 2. The number of carbonyl (C=O) groups is 1. The highest BCUT2D eigenvalue weighted by atomic mass is 32.2. The molecule has 0 aliphatic heterocycles. The van der Waals surface area contributed by atoms with E-state index >= 15 is 0 Å². The quantitative estimate of drug-likeness (QED) is 0.310. The van der Waals surface area contributed by atoms with Gasteiger partial charge in [0.15, 0.2) is 22.4 Å². The van der Waals surface area contributed by atoms with Crippen molar-refractivity contribution < 1.29 is 15.0 Å². The molecule has 0 radical (unpaired) electrons. The Kier molecular flexibility index (Phi) is 4.99. The predicted octanol–water partition coefficient (Wildman–Crippen LogP) is 3.36. The lowest BCUT2D eigenvalue weighted by atomic mass is 10.1. The zero-order valence-corrected chi connectivity index (χ0v) is 15.2. The van der Waals surface area contributed by atoms with E-state index in [1.54, 1.807) is 22.8 Å². The van der Waals surface area contributed by atoms with Crippen LogP contribution in [0.3, 0.4) is 0 Å². The van der Waals surface area contributed by atoms with E-state index in [0.717, 1.165) is 0 Å². The predicted molar refractivity (Wildman–Crippen MR) is 101 cm³/mol. The number of hydrogen-bond donors (Lipinski definition) is 2. The molecule has 0 saturated heterocycles. The Morgan fingerprint density at radius 1 is 1.15 bits per heavy atom. The van der Waals surface area contributed by atoms with Gasteiger partial charge in [-0.3, -0.25) is 14.2 Å². The number of Topliss-reactive ketones (excluding diaryl/α,β-unsaturated/α-hetero) is 1. The summed E-state index contributed by atoms with van der Waals surface area (Å²) in [5.41, 5.74) is 0.737. The molecule has 26 heavy (non-hydrogen) atoms. The lowest BCUT2D eigenvalue weighted by molar-refractivity contribution is 0.102. The number of thioether (sulfide) groups is 1. The van der Waals surface area contributed by atoms with Gasteiger partial charge in [0.25, 0.3) is 5.56 Å². The Morgan fingerprint density at radius 2 is 1.88 bits per heavy atom. The zero-order chi connectivity index (χ0) is 18.8. The molecule has 0 unspecified atom stereocenters. The first-order valence-corrected chi connectivity index (χ1v) is 9.06. The summed E-state index contributed by atoms with van der Waals surface area (Å²) in [5.74, 6) is -0.798. The highest BCUT2D eigenvalue weighted by molar-refractivity contribution is 7.99. The molecule has 0 aliphatic carbocycles. The summed E-state index contributed by atoms with van der Waals surface area (Å²) in [5, 5.41) is 19.9. The number of ketones is 1. The molecule has 7 heteroatoms. The van der Waals surface area contributed by atoms with Crippen molar-refractivity contribution in [3.05, 3.63) is 58.4 Å². The van der Waals surface area contributed by atoms with Crippen LogP contribution in [0.25, 0.3) is 10.9 Å².